The van der Waals surface area contributed by atoms with Gasteiger partial charge in [0.2, 0.25) is 0 Å². The highest BCUT2D eigenvalue weighted by molar-refractivity contribution is 5.36. The van der Waals surface area contributed by atoms with Crippen molar-refractivity contribution in [1.82, 2.24) is 5.32 Å². The number of hydrogen-bond donors (Lipinski definition) is 2. The van der Waals surface area contributed by atoms with E-state index in [2.05, 4.69) is 38.2 Å². The van der Waals surface area contributed by atoms with Gasteiger partial charge in [0, 0.05) is 18.7 Å². The standard InChI is InChI=1S/C18H29NO2/c1-14-5-6-16(21-4)15(11-14)12-19-13-18(20)9-7-17(2,3)8-10-18/h5-6,11,19-20H,7-10,12-13H2,1-4H3. The average Bonchev–Trinajstić information content (AvgIpc) is 2.43. The SMILES string of the molecule is COc1ccc(C)cc1CNCC1(O)CCC(C)(C)CC1. The maximum Gasteiger partial charge on any atom is 0.123 e. The third-order valence-corrected chi connectivity index (χ3v) is 4.74. The average molecular weight is 291 g/mol. The smallest absolute Gasteiger partial charge is 0.123 e. The van der Waals surface area contributed by atoms with Crippen LogP contribution in [0.25, 0.3) is 0 Å². The van der Waals surface area contributed by atoms with E-state index in [1.165, 1.54) is 5.56 Å². The van der Waals surface area contributed by atoms with Crippen LogP contribution >= 0.6 is 0 Å². The first kappa shape index (κ1) is 16.3. The number of hydrogen-bond acceptors (Lipinski definition) is 3. The first-order valence-electron chi connectivity index (χ1n) is 7.90. The molecule has 0 aromatic heterocycles. The second-order valence-electron chi connectivity index (χ2n) is 7.31. The molecule has 0 amide bonds. The molecule has 0 heterocycles. The fraction of sp³-hybridized carbons (Fsp3) is 0.667. The zero-order valence-corrected chi connectivity index (χ0v) is 13.8. The lowest BCUT2D eigenvalue weighted by Gasteiger charge is -2.40. The quantitative estimate of drug-likeness (QED) is 0.873. The second-order valence-corrected chi connectivity index (χ2v) is 7.31. The van der Waals surface area contributed by atoms with Crippen molar-refractivity contribution in [2.24, 2.45) is 5.41 Å². The topological polar surface area (TPSA) is 41.5 Å². The Balaban J connectivity index is 1.88. The molecule has 0 atom stereocenters. The molecule has 1 aliphatic carbocycles. The molecule has 1 saturated carbocycles. The van der Waals surface area contributed by atoms with Crippen LogP contribution in [0.3, 0.4) is 0 Å². The zero-order valence-electron chi connectivity index (χ0n) is 13.8. The summed E-state index contributed by atoms with van der Waals surface area (Å²) in [6.45, 7) is 8.05. The van der Waals surface area contributed by atoms with Crippen LogP contribution in [0, 0.1) is 12.3 Å². The number of aryl methyl sites for hydroxylation is 1. The first-order valence-corrected chi connectivity index (χ1v) is 7.90. The Hall–Kier alpha value is -1.06. The van der Waals surface area contributed by atoms with Crippen molar-refractivity contribution in [2.75, 3.05) is 13.7 Å². The van der Waals surface area contributed by atoms with E-state index in [-0.39, 0.29) is 0 Å². The van der Waals surface area contributed by atoms with Crippen LogP contribution in [0.1, 0.15) is 50.7 Å². The van der Waals surface area contributed by atoms with Crippen molar-refractivity contribution < 1.29 is 9.84 Å². The molecule has 118 valence electrons. The summed E-state index contributed by atoms with van der Waals surface area (Å²) in [5.74, 6) is 0.907. The summed E-state index contributed by atoms with van der Waals surface area (Å²) >= 11 is 0. The Morgan fingerprint density at radius 2 is 1.86 bits per heavy atom. The maximum atomic E-state index is 10.7. The van der Waals surface area contributed by atoms with Gasteiger partial charge in [0.15, 0.2) is 0 Å². The molecule has 0 saturated heterocycles. The van der Waals surface area contributed by atoms with Crippen molar-refractivity contribution in [3.8, 4) is 5.75 Å². The van der Waals surface area contributed by atoms with Gasteiger partial charge in [-0.2, -0.15) is 0 Å². The fourth-order valence-electron chi connectivity index (χ4n) is 3.04. The highest BCUT2D eigenvalue weighted by Gasteiger charge is 2.36. The summed E-state index contributed by atoms with van der Waals surface area (Å²) in [4.78, 5) is 0. The second kappa shape index (κ2) is 6.37. The van der Waals surface area contributed by atoms with E-state index < -0.39 is 5.60 Å². The Labute approximate surface area is 128 Å². The van der Waals surface area contributed by atoms with Crippen molar-refractivity contribution >= 4 is 0 Å². The minimum Gasteiger partial charge on any atom is -0.496 e. The van der Waals surface area contributed by atoms with Crippen LogP contribution in [-0.2, 0) is 6.54 Å². The Morgan fingerprint density at radius 1 is 1.19 bits per heavy atom. The molecule has 3 heteroatoms. The number of rotatable bonds is 5. The molecule has 0 spiro atoms. The molecule has 21 heavy (non-hydrogen) atoms. The molecule has 2 rings (SSSR count). The minimum absolute atomic E-state index is 0.381. The third kappa shape index (κ3) is 4.45. The normalized spacial score (nSPS) is 20.2. The van der Waals surface area contributed by atoms with Gasteiger partial charge in [-0.05, 0) is 44.1 Å². The molecular weight excluding hydrogens is 262 g/mol. The van der Waals surface area contributed by atoms with E-state index in [4.69, 9.17) is 4.74 Å². The molecule has 1 fully saturated rings. The molecule has 0 radical (unpaired) electrons. The monoisotopic (exact) mass is 291 g/mol. The van der Waals surface area contributed by atoms with E-state index in [1.54, 1.807) is 7.11 Å². The third-order valence-electron chi connectivity index (χ3n) is 4.74. The molecule has 0 bridgehead atoms. The van der Waals surface area contributed by atoms with Crippen molar-refractivity contribution in [2.45, 2.75) is 58.6 Å². The Kier molecular flexibility index (Phi) is 4.95. The predicted molar refractivity (Wildman–Crippen MR) is 86.6 cm³/mol. The van der Waals surface area contributed by atoms with E-state index in [0.29, 0.717) is 12.0 Å². The lowest BCUT2D eigenvalue weighted by molar-refractivity contribution is -0.0245. The lowest BCUT2D eigenvalue weighted by Crippen LogP contribution is -2.44. The van der Waals surface area contributed by atoms with Crippen LogP contribution in [0.2, 0.25) is 0 Å². The summed E-state index contributed by atoms with van der Waals surface area (Å²) in [6.07, 6.45) is 3.97. The van der Waals surface area contributed by atoms with Crippen molar-refractivity contribution in [3.63, 3.8) is 0 Å². The van der Waals surface area contributed by atoms with Crippen LogP contribution in [0.15, 0.2) is 18.2 Å². The number of ether oxygens (including phenoxy) is 1. The van der Waals surface area contributed by atoms with Crippen LogP contribution in [0.4, 0.5) is 0 Å². The highest BCUT2D eigenvalue weighted by atomic mass is 16.5. The van der Waals surface area contributed by atoms with Gasteiger partial charge in [-0.15, -0.1) is 0 Å². The summed E-state index contributed by atoms with van der Waals surface area (Å²) in [5.41, 5.74) is 2.21. The molecule has 1 aliphatic rings. The molecule has 1 aromatic rings. The molecule has 2 N–H and O–H groups in total. The number of aliphatic hydroxyl groups is 1. The van der Waals surface area contributed by atoms with Gasteiger partial charge in [-0.1, -0.05) is 31.5 Å². The molecule has 0 aliphatic heterocycles. The van der Waals surface area contributed by atoms with Crippen molar-refractivity contribution in [1.29, 1.82) is 0 Å². The molecular formula is C18H29NO2. The van der Waals surface area contributed by atoms with Gasteiger partial charge in [0.05, 0.1) is 12.7 Å². The number of benzene rings is 1. The van der Waals surface area contributed by atoms with Gasteiger partial charge in [0.25, 0.3) is 0 Å². The first-order chi connectivity index (χ1) is 9.84. The fourth-order valence-corrected chi connectivity index (χ4v) is 3.04. The number of nitrogens with one attached hydrogen (secondary N) is 1. The Bertz CT molecular complexity index is 472. The van der Waals surface area contributed by atoms with Gasteiger partial charge >= 0.3 is 0 Å². The van der Waals surface area contributed by atoms with Crippen LogP contribution in [0.5, 0.6) is 5.75 Å². The van der Waals surface area contributed by atoms with Gasteiger partial charge < -0.3 is 15.2 Å². The van der Waals surface area contributed by atoms with Crippen molar-refractivity contribution in [3.05, 3.63) is 29.3 Å². The van der Waals surface area contributed by atoms with Gasteiger partial charge in [0.1, 0.15) is 5.75 Å². The summed E-state index contributed by atoms with van der Waals surface area (Å²) in [5, 5.41) is 14.1. The summed E-state index contributed by atoms with van der Waals surface area (Å²) in [6, 6.07) is 6.20. The largest absolute Gasteiger partial charge is 0.496 e. The lowest BCUT2D eigenvalue weighted by atomic mass is 9.71. The minimum atomic E-state index is -0.549. The molecule has 0 unspecified atom stereocenters. The zero-order chi connectivity index (χ0) is 15.5. The molecule has 1 aromatic carbocycles. The highest BCUT2D eigenvalue weighted by Crippen LogP contribution is 2.39. The summed E-state index contributed by atoms with van der Waals surface area (Å²) in [7, 11) is 1.70. The van der Waals surface area contributed by atoms with Crippen LogP contribution in [-0.4, -0.2) is 24.4 Å². The van der Waals surface area contributed by atoms with Gasteiger partial charge in [-0.3, -0.25) is 0 Å². The van der Waals surface area contributed by atoms with E-state index in [1.807, 2.05) is 6.07 Å². The number of methoxy groups -OCH3 is 1. The molecule has 3 nitrogen and oxygen atoms in total. The van der Waals surface area contributed by atoms with E-state index in [9.17, 15) is 5.11 Å². The van der Waals surface area contributed by atoms with Crippen LogP contribution < -0.4 is 10.1 Å². The van der Waals surface area contributed by atoms with Gasteiger partial charge in [-0.25, -0.2) is 0 Å². The Morgan fingerprint density at radius 3 is 2.48 bits per heavy atom. The van der Waals surface area contributed by atoms with E-state index in [0.717, 1.165) is 43.5 Å². The van der Waals surface area contributed by atoms with E-state index >= 15 is 0 Å². The maximum absolute atomic E-state index is 10.7. The summed E-state index contributed by atoms with van der Waals surface area (Å²) < 4.78 is 5.39. The predicted octanol–water partition coefficient (Wildman–Crippen LogP) is 3.42.